The molecular formula is C34H31F2N5O7S4. The van der Waals surface area contributed by atoms with Gasteiger partial charge in [0.25, 0.3) is 23.6 Å². The lowest BCUT2D eigenvalue weighted by atomic mass is 9.51. The third-order valence-electron chi connectivity index (χ3n) is 13.1. The maximum absolute atomic E-state index is 15.9. The standard InChI is InChI=1S/C34H31F2N5O7S4/c1-6-30-26(45)40-21-11-15-7-8-16(35)12-18(15)31(21,22(43)33(40,51-50-30)27(46)39(30)5)32-19-13-17(36)9-10-20(19)37-24(32)41-25(44)29(3)38(4)28(47)34(41,52-49-29)23(32)48-14(2)42/h7-10,12-13,21-24,37,43H,6,11H2,1-5H3/t21-,22-,23-,24+,29-,30-,31-,32+,33-,34-/m0/s1. The maximum atomic E-state index is 15.9. The molecule has 2 aromatic carbocycles. The van der Waals surface area contributed by atoms with Crippen molar-refractivity contribution in [3.8, 4) is 0 Å². The number of rotatable bonds is 3. The van der Waals surface area contributed by atoms with Gasteiger partial charge in [0.2, 0.25) is 9.74 Å². The van der Waals surface area contributed by atoms with Gasteiger partial charge in [0, 0.05) is 26.7 Å². The zero-order valence-electron chi connectivity index (χ0n) is 28.3. The molecule has 4 bridgehead atoms. The number of likely N-dealkylation sites (N-methyl/N-ethyl adjacent to an activating group) is 2. The van der Waals surface area contributed by atoms with Crippen molar-refractivity contribution in [2.75, 3.05) is 19.4 Å². The second kappa shape index (κ2) is 9.72. The topological polar surface area (TPSA) is 140 Å². The minimum absolute atomic E-state index is 0.0441. The second-order valence-corrected chi connectivity index (χ2v) is 20.2. The van der Waals surface area contributed by atoms with Crippen LogP contribution in [0.4, 0.5) is 14.5 Å². The van der Waals surface area contributed by atoms with Crippen LogP contribution in [0.3, 0.4) is 0 Å². The molecule has 9 aliphatic heterocycles. The molecule has 2 spiro atoms. The Hall–Kier alpha value is -3.19. The van der Waals surface area contributed by atoms with Gasteiger partial charge in [-0.3, -0.25) is 28.9 Å². The molecule has 272 valence electrons. The van der Waals surface area contributed by atoms with Gasteiger partial charge in [-0.15, -0.1) is 0 Å². The van der Waals surface area contributed by atoms with Gasteiger partial charge < -0.3 is 29.9 Å². The number of ether oxygens (including phenoxy) is 1. The highest BCUT2D eigenvalue weighted by molar-refractivity contribution is 8.78. The van der Waals surface area contributed by atoms with Crippen LogP contribution in [0.25, 0.3) is 0 Å². The Morgan fingerprint density at radius 2 is 1.54 bits per heavy atom. The fourth-order valence-electron chi connectivity index (χ4n) is 10.9. The van der Waals surface area contributed by atoms with E-state index in [9.17, 15) is 24.3 Å². The summed E-state index contributed by atoms with van der Waals surface area (Å²) in [5.74, 6) is -4.24. The van der Waals surface area contributed by atoms with Gasteiger partial charge in [0.15, 0.2) is 15.8 Å². The molecule has 52 heavy (non-hydrogen) atoms. The van der Waals surface area contributed by atoms with E-state index in [-0.39, 0.29) is 24.0 Å². The Bertz CT molecular complexity index is 2150. The van der Waals surface area contributed by atoms with Gasteiger partial charge in [0.05, 0.1) is 16.9 Å². The average molecular weight is 788 g/mol. The van der Waals surface area contributed by atoms with E-state index in [2.05, 4.69) is 5.32 Å². The van der Waals surface area contributed by atoms with Crippen LogP contribution < -0.4 is 5.32 Å². The van der Waals surface area contributed by atoms with Gasteiger partial charge in [-0.25, -0.2) is 8.78 Å². The van der Waals surface area contributed by atoms with Crippen molar-refractivity contribution in [2.24, 2.45) is 0 Å². The summed E-state index contributed by atoms with van der Waals surface area (Å²) in [6.07, 6.45) is -4.53. The lowest BCUT2D eigenvalue weighted by molar-refractivity contribution is -0.172. The van der Waals surface area contributed by atoms with Crippen LogP contribution in [0, 0.1) is 11.6 Å². The Labute approximate surface area is 311 Å². The number of benzene rings is 2. The fourth-order valence-corrected chi connectivity index (χ4v) is 18.5. The quantitative estimate of drug-likeness (QED) is 0.350. The van der Waals surface area contributed by atoms with E-state index in [4.69, 9.17) is 4.74 Å². The van der Waals surface area contributed by atoms with Gasteiger partial charge >= 0.3 is 5.97 Å². The van der Waals surface area contributed by atoms with Crippen LogP contribution in [0.2, 0.25) is 0 Å². The summed E-state index contributed by atoms with van der Waals surface area (Å²) in [5.41, 5.74) is -2.71. The first kappa shape index (κ1) is 33.4. The number of aliphatic hydroxyl groups is 1. The van der Waals surface area contributed by atoms with Crippen molar-refractivity contribution >= 4 is 78.5 Å². The van der Waals surface area contributed by atoms with Crippen molar-refractivity contribution in [1.29, 1.82) is 0 Å². The number of carbonyl (C=O) groups excluding carboxylic acids is 5. The average Bonchev–Trinajstić information content (AvgIpc) is 3.75. The molecule has 8 fully saturated rings. The maximum Gasteiger partial charge on any atom is 0.303 e. The summed E-state index contributed by atoms with van der Waals surface area (Å²) >= 11 is 0. The van der Waals surface area contributed by atoms with Crippen LogP contribution in [0.1, 0.15) is 43.9 Å². The monoisotopic (exact) mass is 787 g/mol. The number of carbonyl (C=O) groups is 5. The van der Waals surface area contributed by atoms with E-state index in [1.807, 2.05) is 0 Å². The SMILES string of the molecule is CC[C@@]12SS[C@]3(C(=O)N1C)[C@@H](O)[C@]1([C@@]45c6cc(F)ccc6N[C@@H]4N4C(=O)[C@]6(C)SS[C@]4(C(=O)N6C)[C@H]5OC(C)=O)c4cc(F)ccc4C[C@@H]1N3C2=O. The summed E-state index contributed by atoms with van der Waals surface area (Å²) in [6, 6.07) is 6.90. The minimum Gasteiger partial charge on any atom is -0.457 e. The Balaban J connectivity index is 1.39. The van der Waals surface area contributed by atoms with Crippen LogP contribution >= 0.6 is 43.2 Å². The third-order valence-corrected chi connectivity index (χ3v) is 20.6. The van der Waals surface area contributed by atoms with Gasteiger partial charge in [0.1, 0.15) is 23.9 Å². The first-order valence-corrected chi connectivity index (χ1v) is 21.1. The molecule has 12 rings (SSSR count). The molecule has 10 atom stereocenters. The number of hydrogen-bond donors (Lipinski definition) is 2. The van der Waals surface area contributed by atoms with Crippen molar-refractivity contribution in [3.63, 3.8) is 0 Å². The minimum atomic E-state index is -2.00. The third kappa shape index (κ3) is 3.00. The number of esters is 1. The van der Waals surface area contributed by atoms with Crippen molar-refractivity contribution in [3.05, 3.63) is 64.7 Å². The molecule has 2 N–H and O–H groups in total. The molecule has 9 heterocycles. The lowest BCUT2D eigenvalue weighted by Crippen LogP contribution is -2.77. The highest BCUT2D eigenvalue weighted by Crippen LogP contribution is 2.79. The van der Waals surface area contributed by atoms with Crippen LogP contribution in [0.5, 0.6) is 0 Å². The number of halogens is 2. The predicted octanol–water partition coefficient (Wildman–Crippen LogP) is 2.74. The number of piperazine rings is 2. The normalized spacial score (nSPS) is 43.0. The van der Waals surface area contributed by atoms with Gasteiger partial charge in [-0.2, -0.15) is 0 Å². The number of hydrogen-bond acceptors (Lipinski definition) is 12. The largest absolute Gasteiger partial charge is 0.457 e. The summed E-state index contributed by atoms with van der Waals surface area (Å²) in [5, 5.41) is 16.9. The number of aliphatic hydroxyl groups excluding tert-OH is 1. The van der Waals surface area contributed by atoms with Crippen LogP contribution in [-0.2, 0) is 46.0 Å². The Morgan fingerprint density at radius 3 is 2.23 bits per heavy atom. The molecule has 0 radical (unpaired) electrons. The smallest absolute Gasteiger partial charge is 0.303 e. The van der Waals surface area contributed by atoms with Crippen molar-refractivity contribution < 1.29 is 42.6 Å². The summed E-state index contributed by atoms with van der Waals surface area (Å²) < 4.78 is 38.1. The molecule has 0 saturated carbocycles. The lowest BCUT2D eigenvalue weighted by Gasteiger charge is -2.59. The van der Waals surface area contributed by atoms with Gasteiger partial charge in [-0.05, 0) is 88.4 Å². The summed E-state index contributed by atoms with van der Waals surface area (Å²) in [6.45, 7) is 4.57. The molecule has 8 saturated heterocycles. The van der Waals surface area contributed by atoms with Crippen LogP contribution in [0.15, 0.2) is 36.4 Å². The molecular weight excluding hydrogens is 757 g/mol. The second-order valence-electron chi connectivity index (χ2n) is 14.8. The number of fused-ring (bicyclic) bond motifs is 11. The first-order chi connectivity index (χ1) is 24.6. The number of nitrogens with zero attached hydrogens (tertiary/aromatic N) is 4. The molecule has 18 heteroatoms. The molecule has 2 aromatic rings. The summed E-state index contributed by atoms with van der Waals surface area (Å²) in [4.78, 5) is 72.1. The predicted molar refractivity (Wildman–Crippen MR) is 189 cm³/mol. The van der Waals surface area contributed by atoms with E-state index in [0.717, 1.165) is 39.3 Å². The zero-order chi connectivity index (χ0) is 36.9. The van der Waals surface area contributed by atoms with E-state index >= 15 is 13.6 Å². The van der Waals surface area contributed by atoms with E-state index < -0.39 is 96.0 Å². The van der Waals surface area contributed by atoms with E-state index in [0.29, 0.717) is 11.3 Å². The fraction of sp³-hybridized carbons (Fsp3) is 0.500. The molecule has 0 aromatic heterocycles. The molecule has 10 aliphatic rings. The first-order valence-electron chi connectivity index (χ1n) is 16.8. The Morgan fingerprint density at radius 1 is 0.885 bits per heavy atom. The Kier molecular flexibility index (Phi) is 6.24. The molecule has 4 amide bonds. The van der Waals surface area contributed by atoms with Crippen molar-refractivity contribution in [1.82, 2.24) is 19.6 Å². The van der Waals surface area contributed by atoms with E-state index in [1.165, 1.54) is 74.8 Å². The number of nitrogens with one attached hydrogen (secondary N) is 1. The molecule has 1 aliphatic carbocycles. The summed E-state index contributed by atoms with van der Waals surface area (Å²) in [7, 11) is 7.42. The van der Waals surface area contributed by atoms with Crippen LogP contribution in [-0.4, -0.2) is 112 Å². The number of anilines is 1. The zero-order valence-corrected chi connectivity index (χ0v) is 31.5. The van der Waals surface area contributed by atoms with Crippen molar-refractivity contribution in [2.45, 2.75) is 88.3 Å². The highest BCUT2D eigenvalue weighted by atomic mass is 33.1. The number of amides is 4. The van der Waals surface area contributed by atoms with Gasteiger partial charge in [-0.1, -0.05) is 34.6 Å². The van der Waals surface area contributed by atoms with E-state index in [1.54, 1.807) is 19.9 Å². The highest BCUT2D eigenvalue weighted by Gasteiger charge is 2.93. The molecule has 0 unspecified atom stereocenters. The molecule has 12 nitrogen and oxygen atoms in total.